The molecule has 4 heterocycles. The first-order valence-electron chi connectivity index (χ1n) is 9.96. The third kappa shape index (κ3) is 2.68. The molecule has 1 saturated heterocycles. The van der Waals surface area contributed by atoms with Gasteiger partial charge < -0.3 is 0 Å². The lowest BCUT2D eigenvalue weighted by molar-refractivity contribution is 0.0724. The number of sulfonamides is 1. The number of rotatable bonds is 5. The fraction of sp³-hybridized carbons (Fsp3) is 0.400. The normalized spacial score (nSPS) is 19.1. The van der Waals surface area contributed by atoms with Crippen LogP contribution in [0.4, 0.5) is 0 Å². The topological polar surface area (TPSA) is 114 Å². The van der Waals surface area contributed by atoms with E-state index in [-0.39, 0.29) is 31.3 Å². The highest BCUT2D eigenvalue weighted by molar-refractivity contribution is 7.88. The minimum absolute atomic E-state index is 0.126. The summed E-state index contributed by atoms with van der Waals surface area (Å²) in [4.78, 5) is 18.0. The van der Waals surface area contributed by atoms with Gasteiger partial charge in [0.15, 0.2) is 4.96 Å². The van der Waals surface area contributed by atoms with Crippen molar-refractivity contribution in [3.05, 3.63) is 24.5 Å². The summed E-state index contributed by atoms with van der Waals surface area (Å²) in [5.41, 5.74) is 2.87. The molecule has 0 spiro atoms. The van der Waals surface area contributed by atoms with Crippen molar-refractivity contribution < 1.29 is 13.2 Å². The number of carbonyl (C=O) groups excluding carboxylic acids is 1. The highest BCUT2D eigenvalue weighted by Gasteiger charge is 2.49. The van der Waals surface area contributed by atoms with Gasteiger partial charge in [-0.3, -0.25) is 14.0 Å². The predicted octanol–water partition coefficient (Wildman–Crippen LogP) is 2.49. The van der Waals surface area contributed by atoms with Gasteiger partial charge in [-0.05, 0) is 18.9 Å². The summed E-state index contributed by atoms with van der Waals surface area (Å²) in [5, 5.41) is 13.8. The van der Waals surface area contributed by atoms with E-state index >= 15 is 0 Å². The minimum atomic E-state index is -3.30. The fourth-order valence-corrected chi connectivity index (χ4v) is 6.46. The zero-order chi connectivity index (χ0) is 21.5. The van der Waals surface area contributed by atoms with Crippen molar-refractivity contribution in [1.82, 2.24) is 23.6 Å². The molecule has 2 aliphatic rings. The molecule has 1 saturated carbocycles. The molecule has 1 aromatic carbocycles. The average Bonchev–Trinajstić information content (AvgIpc) is 3.09. The zero-order valence-corrected chi connectivity index (χ0v) is 18.3. The van der Waals surface area contributed by atoms with Crippen LogP contribution in [0.25, 0.3) is 31.8 Å². The third-order valence-electron chi connectivity index (χ3n) is 6.29. The molecule has 6 rings (SSSR count). The Morgan fingerprint density at radius 1 is 1.35 bits per heavy atom. The molecule has 2 bridgehead atoms. The van der Waals surface area contributed by atoms with Crippen LogP contribution >= 0.6 is 11.3 Å². The molecule has 0 unspecified atom stereocenters. The number of nitrogens with zero attached hydrogens (tertiary/aromatic N) is 6. The predicted molar refractivity (Wildman–Crippen MR) is 115 cm³/mol. The number of fused-ring (bicyclic) bond motifs is 1. The molecular weight excluding hydrogens is 436 g/mol. The van der Waals surface area contributed by atoms with E-state index in [1.807, 2.05) is 18.3 Å². The lowest BCUT2D eigenvalue weighted by Gasteiger charge is -2.47. The van der Waals surface area contributed by atoms with Gasteiger partial charge in [0, 0.05) is 36.3 Å². The second kappa shape index (κ2) is 6.12. The Balaban J connectivity index is 1.37. The van der Waals surface area contributed by atoms with Crippen LogP contribution in [0, 0.1) is 17.2 Å². The summed E-state index contributed by atoms with van der Waals surface area (Å²) in [6, 6.07) is 6.08. The van der Waals surface area contributed by atoms with E-state index in [4.69, 9.17) is 0 Å². The minimum Gasteiger partial charge on any atom is -0.274 e. The van der Waals surface area contributed by atoms with Gasteiger partial charge in [0.2, 0.25) is 15.9 Å². The van der Waals surface area contributed by atoms with Gasteiger partial charge in [0.05, 0.1) is 35.2 Å². The van der Waals surface area contributed by atoms with Crippen molar-refractivity contribution in [1.29, 1.82) is 5.26 Å². The molecule has 0 atom stereocenters. The molecule has 0 N–H and O–H groups in total. The van der Waals surface area contributed by atoms with Crippen LogP contribution < -0.4 is 0 Å². The molecule has 1 aliphatic carbocycles. The summed E-state index contributed by atoms with van der Waals surface area (Å²) in [6.07, 6.45) is 6.87. The van der Waals surface area contributed by atoms with Crippen molar-refractivity contribution in [2.24, 2.45) is 5.92 Å². The van der Waals surface area contributed by atoms with E-state index in [1.165, 1.54) is 21.9 Å². The Kier molecular flexibility index (Phi) is 3.74. The standard InChI is InChI=1S/C20H18N6O3S2/c1-31(28,29)24-10-20(11-24,6-7-21)25-9-13(8-22-25)14-4-5-15-16-17(14)30-19(23-16)26(15)18(27)12-2-3-12/h4-5,8-9,12H,2-3,6,10-11H2,1H3. The van der Waals surface area contributed by atoms with Crippen LogP contribution in [-0.4, -0.2) is 57.3 Å². The van der Waals surface area contributed by atoms with Crippen LogP contribution in [0.15, 0.2) is 24.5 Å². The molecule has 11 heteroatoms. The van der Waals surface area contributed by atoms with Gasteiger partial charge in [0.1, 0.15) is 11.1 Å². The molecule has 31 heavy (non-hydrogen) atoms. The number of hydrogen-bond acceptors (Lipinski definition) is 7. The number of nitriles is 1. The quantitative estimate of drug-likeness (QED) is 0.458. The van der Waals surface area contributed by atoms with Crippen molar-refractivity contribution in [2.45, 2.75) is 24.8 Å². The maximum absolute atomic E-state index is 12.6. The molecule has 1 aliphatic heterocycles. The van der Waals surface area contributed by atoms with Gasteiger partial charge in [-0.25, -0.2) is 13.4 Å². The van der Waals surface area contributed by atoms with Crippen molar-refractivity contribution >= 4 is 48.0 Å². The van der Waals surface area contributed by atoms with Crippen molar-refractivity contribution in [3.63, 3.8) is 0 Å². The number of benzene rings is 1. The number of hydrogen-bond donors (Lipinski definition) is 0. The number of aromatic nitrogens is 4. The highest BCUT2D eigenvalue weighted by Crippen LogP contribution is 2.42. The molecule has 0 radical (unpaired) electrons. The first kappa shape index (κ1) is 18.9. The van der Waals surface area contributed by atoms with E-state index in [0.717, 1.165) is 44.7 Å². The Labute approximate surface area is 181 Å². The maximum atomic E-state index is 12.6. The third-order valence-corrected chi connectivity index (χ3v) is 8.56. The second-order valence-electron chi connectivity index (χ2n) is 8.52. The van der Waals surface area contributed by atoms with Gasteiger partial charge >= 0.3 is 0 Å². The van der Waals surface area contributed by atoms with Gasteiger partial charge in [-0.2, -0.15) is 14.7 Å². The van der Waals surface area contributed by atoms with Crippen LogP contribution in [0.1, 0.15) is 24.1 Å². The Morgan fingerprint density at radius 3 is 2.81 bits per heavy atom. The van der Waals surface area contributed by atoms with E-state index < -0.39 is 15.6 Å². The summed E-state index contributed by atoms with van der Waals surface area (Å²) in [6.45, 7) is 0.468. The lowest BCUT2D eigenvalue weighted by atomic mass is 9.89. The Hall–Kier alpha value is -2.81. The summed E-state index contributed by atoms with van der Waals surface area (Å²) in [5.74, 6) is 0.261. The number of thiazole rings is 1. The summed E-state index contributed by atoms with van der Waals surface area (Å²) in [7, 11) is -3.30. The van der Waals surface area contributed by atoms with E-state index in [9.17, 15) is 18.5 Å². The maximum Gasteiger partial charge on any atom is 0.236 e. The Morgan fingerprint density at radius 2 is 2.13 bits per heavy atom. The monoisotopic (exact) mass is 454 g/mol. The Bertz CT molecular complexity index is 1490. The van der Waals surface area contributed by atoms with Gasteiger partial charge in [0.25, 0.3) is 0 Å². The van der Waals surface area contributed by atoms with Crippen LogP contribution in [0.3, 0.4) is 0 Å². The van der Waals surface area contributed by atoms with Crippen molar-refractivity contribution in [3.8, 4) is 17.2 Å². The fourth-order valence-electron chi connectivity index (χ4n) is 4.37. The second-order valence-corrected chi connectivity index (χ2v) is 11.5. The van der Waals surface area contributed by atoms with Crippen molar-refractivity contribution in [2.75, 3.05) is 19.3 Å². The smallest absolute Gasteiger partial charge is 0.236 e. The average molecular weight is 455 g/mol. The molecule has 3 aromatic heterocycles. The van der Waals surface area contributed by atoms with Crippen LogP contribution in [-0.2, 0) is 15.6 Å². The van der Waals surface area contributed by atoms with Crippen LogP contribution in [0.2, 0.25) is 0 Å². The van der Waals surface area contributed by atoms with E-state index in [2.05, 4.69) is 16.2 Å². The molecule has 4 aromatic rings. The SMILES string of the molecule is CS(=O)(=O)N1CC(CC#N)(n2cc(-c3ccc4c5nc(sc35)n4C(=O)C3CC3)cn2)C1. The first-order valence-corrected chi connectivity index (χ1v) is 12.6. The summed E-state index contributed by atoms with van der Waals surface area (Å²) >= 11 is 1.50. The zero-order valence-electron chi connectivity index (χ0n) is 16.6. The molecule has 2 fully saturated rings. The van der Waals surface area contributed by atoms with E-state index in [0.29, 0.717) is 0 Å². The summed E-state index contributed by atoms with van der Waals surface area (Å²) < 4.78 is 29.5. The lowest BCUT2D eigenvalue weighted by Crippen LogP contribution is -2.63. The first-order chi connectivity index (χ1) is 14.8. The molecular formula is C20H18N6O3S2. The van der Waals surface area contributed by atoms with Gasteiger partial charge in [-0.1, -0.05) is 17.4 Å². The largest absolute Gasteiger partial charge is 0.274 e. The highest BCUT2D eigenvalue weighted by atomic mass is 32.2. The molecule has 0 amide bonds. The van der Waals surface area contributed by atoms with Crippen LogP contribution in [0.5, 0.6) is 0 Å². The number of carbonyl (C=O) groups is 1. The number of imidazole rings is 1. The van der Waals surface area contributed by atoms with Gasteiger partial charge in [-0.15, -0.1) is 0 Å². The van der Waals surface area contributed by atoms with E-state index in [1.54, 1.807) is 15.4 Å². The molecule has 9 nitrogen and oxygen atoms in total. The molecule has 158 valence electrons.